The molecular formula is C26H26N2O2. The highest BCUT2D eigenvalue weighted by Gasteiger charge is 2.43. The van der Waals surface area contributed by atoms with Crippen molar-refractivity contribution in [1.82, 2.24) is 10.3 Å². The Morgan fingerprint density at radius 2 is 1.53 bits per heavy atom. The Labute approximate surface area is 176 Å². The van der Waals surface area contributed by atoms with E-state index < -0.39 is 0 Å². The van der Waals surface area contributed by atoms with Crippen LogP contribution in [0.4, 0.5) is 0 Å². The van der Waals surface area contributed by atoms with Gasteiger partial charge in [-0.05, 0) is 60.9 Å². The van der Waals surface area contributed by atoms with Crippen LogP contribution in [0, 0.1) is 19.8 Å². The number of ketones is 1. The molecule has 0 aliphatic heterocycles. The third kappa shape index (κ3) is 2.74. The zero-order valence-corrected chi connectivity index (χ0v) is 17.6. The predicted molar refractivity (Wildman–Crippen MR) is 117 cm³/mol. The number of benzene rings is 2. The van der Waals surface area contributed by atoms with Gasteiger partial charge in [-0.25, -0.2) is 0 Å². The third-order valence-corrected chi connectivity index (χ3v) is 6.96. The van der Waals surface area contributed by atoms with E-state index in [1.807, 2.05) is 13.8 Å². The molecule has 152 valence electrons. The van der Waals surface area contributed by atoms with E-state index in [1.54, 1.807) is 6.92 Å². The number of H-pyrrole nitrogens is 1. The number of aromatic nitrogens is 1. The Bertz CT molecular complexity index is 1130. The Morgan fingerprint density at radius 1 is 0.967 bits per heavy atom. The number of fused-ring (bicyclic) bond motifs is 1. The van der Waals surface area contributed by atoms with Crippen molar-refractivity contribution in [3.63, 3.8) is 0 Å². The summed E-state index contributed by atoms with van der Waals surface area (Å²) < 4.78 is 0. The number of amides is 1. The van der Waals surface area contributed by atoms with E-state index in [4.69, 9.17) is 0 Å². The summed E-state index contributed by atoms with van der Waals surface area (Å²) in [7, 11) is 0. The fourth-order valence-electron chi connectivity index (χ4n) is 5.78. The molecule has 1 aromatic heterocycles. The van der Waals surface area contributed by atoms with Gasteiger partial charge in [0.15, 0.2) is 5.78 Å². The van der Waals surface area contributed by atoms with Crippen molar-refractivity contribution >= 4 is 11.7 Å². The Morgan fingerprint density at radius 3 is 2.07 bits per heavy atom. The van der Waals surface area contributed by atoms with Gasteiger partial charge in [0, 0.05) is 29.6 Å². The van der Waals surface area contributed by atoms with Gasteiger partial charge >= 0.3 is 0 Å². The maximum absolute atomic E-state index is 12.9. The summed E-state index contributed by atoms with van der Waals surface area (Å²) in [5, 5.41) is 3.15. The number of Topliss-reactive ketones (excluding diaryl/α,β-unsaturated/α-hetero) is 1. The largest absolute Gasteiger partial charge is 0.354 e. The quantitative estimate of drug-likeness (QED) is 0.617. The summed E-state index contributed by atoms with van der Waals surface area (Å²) in [6, 6.07) is 17.5. The predicted octanol–water partition coefficient (Wildman–Crippen LogP) is 4.86. The van der Waals surface area contributed by atoms with Gasteiger partial charge in [0.2, 0.25) is 0 Å². The first-order chi connectivity index (χ1) is 14.5. The van der Waals surface area contributed by atoms with Crippen LogP contribution in [0.25, 0.3) is 0 Å². The Balaban J connectivity index is 1.42. The Kier molecular flexibility index (Phi) is 4.39. The van der Waals surface area contributed by atoms with Crippen molar-refractivity contribution in [3.8, 4) is 0 Å². The minimum absolute atomic E-state index is 0.0156. The van der Waals surface area contributed by atoms with Gasteiger partial charge in [-0.15, -0.1) is 0 Å². The number of hydrogen-bond acceptors (Lipinski definition) is 2. The number of nitrogens with one attached hydrogen (secondary N) is 2. The van der Waals surface area contributed by atoms with Gasteiger partial charge in [0.25, 0.3) is 5.91 Å². The zero-order chi connectivity index (χ0) is 21.0. The van der Waals surface area contributed by atoms with Crippen LogP contribution in [0.2, 0.25) is 0 Å². The summed E-state index contributed by atoms with van der Waals surface area (Å²) in [6.45, 7) is 5.84. The fraction of sp³-hybridized carbons (Fsp3) is 0.308. The van der Waals surface area contributed by atoms with Gasteiger partial charge < -0.3 is 10.3 Å². The van der Waals surface area contributed by atoms with Crippen LogP contribution in [0.15, 0.2) is 48.5 Å². The molecule has 1 amide bonds. The average Bonchev–Trinajstić information content (AvgIpc) is 3.06. The zero-order valence-electron chi connectivity index (χ0n) is 17.6. The van der Waals surface area contributed by atoms with Crippen molar-refractivity contribution in [2.24, 2.45) is 5.92 Å². The van der Waals surface area contributed by atoms with E-state index in [0.717, 1.165) is 17.7 Å². The molecule has 6 rings (SSSR count). The highest BCUT2D eigenvalue weighted by atomic mass is 16.2. The molecule has 2 bridgehead atoms. The molecule has 3 aliphatic carbocycles. The molecule has 4 nitrogen and oxygen atoms in total. The topological polar surface area (TPSA) is 62.0 Å². The number of carbonyl (C=O) groups is 2. The van der Waals surface area contributed by atoms with Gasteiger partial charge in [0.05, 0.1) is 0 Å². The third-order valence-electron chi connectivity index (χ3n) is 6.96. The molecular weight excluding hydrogens is 372 g/mol. The molecule has 1 unspecified atom stereocenters. The molecule has 4 heteroatoms. The highest BCUT2D eigenvalue weighted by molar-refractivity contribution is 6.02. The van der Waals surface area contributed by atoms with E-state index >= 15 is 0 Å². The van der Waals surface area contributed by atoms with Gasteiger partial charge in [-0.2, -0.15) is 0 Å². The number of aromatic amines is 1. The monoisotopic (exact) mass is 398 g/mol. The second kappa shape index (κ2) is 6.98. The second-order valence-electron chi connectivity index (χ2n) is 8.68. The number of rotatable bonds is 4. The van der Waals surface area contributed by atoms with E-state index in [0.29, 0.717) is 35.6 Å². The molecule has 2 N–H and O–H groups in total. The van der Waals surface area contributed by atoms with E-state index in [-0.39, 0.29) is 11.7 Å². The molecule has 0 radical (unpaired) electrons. The van der Waals surface area contributed by atoms with Gasteiger partial charge in [-0.3, -0.25) is 9.59 Å². The minimum atomic E-state index is -0.133. The molecule has 0 saturated carbocycles. The molecule has 1 heterocycles. The lowest BCUT2D eigenvalue weighted by molar-refractivity contribution is 0.0937. The smallest absolute Gasteiger partial charge is 0.268 e. The lowest BCUT2D eigenvalue weighted by atomic mass is 9.59. The first kappa shape index (κ1) is 18.9. The lowest BCUT2D eigenvalue weighted by Gasteiger charge is -2.45. The minimum Gasteiger partial charge on any atom is -0.354 e. The number of hydrogen-bond donors (Lipinski definition) is 2. The first-order valence-electron chi connectivity index (χ1n) is 10.6. The first-order valence-corrected chi connectivity index (χ1v) is 10.6. The van der Waals surface area contributed by atoms with E-state index in [9.17, 15) is 9.59 Å². The molecule has 0 saturated heterocycles. The van der Waals surface area contributed by atoms with Crippen molar-refractivity contribution < 1.29 is 9.59 Å². The average molecular weight is 399 g/mol. The molecule has 1 atom stereocenters. The maximum atomic E-state index is 12.9. The van der Waals surface area contributed by atoms with Gasteiger partial charge in [0.1, 0.15) is 5.69 Å². The van der Waals surface area contributed by atoms with Crippen LogP contribution in [0.3, 0.4) is 0 Å². The Hall–Kier alpha value is -3.14. The normalized spacial score (nSPS) is 21.1. The lowest BCUT2D eigenvalue weighted by Crippen LogP contribution is -2.39. The summed E-state index contributed by atoms with van der Waals surface area (Å²) in [6.07, 6.45) is 1.04. The van der Waals surface area contributed by atoms with Crippen molar-refractivity contribution in [2.75, 3.05) is 6.54 Å². The standard InChI is InChI=1S/C26H26N2O2/c1-14-23(16(3)29)15(2)28-25(14)26(30)27-13-17-12-22-18-8-4-6-10-20(18)24(17)21-11-7-5-9-19(21)22/h4-11,17,22,24,28H,12-13H2,1-3H3,(H,27,30). The van der Waals surface area contributed by atoms with Gasteiger partial charge in [-0.1, -0.05) is 48.5 Å². The second-order valence-corrected chi connectivity index (χ2v) is 8.68. The van der Waals surface area contributed by atoms with E-state index in [1.165, 1.54) is 22.3 Å². The molecule has 3 aromatic rings. The van der Waals surface area contributed by atoms with Crippen molar-refractivity contribution in [1.29, 1.82) is 0 Å². The molecule has 2 aromatic carbocycles. The highest BCUT2D eigenvalue weighted by Crippen LogP contribution is 2.55. The van der Waals surface area contributed by atoms with Crippen LogP contribution in [-0.2, 0) is 0 Å². The molecule has 3 aliphatic rings. The summed E-state index contributed by atoms with van der Waals surface area (Å²) in [5.74, 6) is 0.904. The van der Waals surface area contributed by atoms with Crippen LogP contribution in [0.5, 0.6) is 0 Å². The van der Waals surface area contributed by atoms with Crippen LogP contribution in [-0.4, -0.2) is 23.2 Å². The molecule has 0 spiro atoms. The van der Waals surface area contributed by atoms with Crippen molar-refractivity contribution in [3.05, 3.63) is 93.3 Å². The summed E-state index contributed by atoms with van der Waals surface area (Å²) in [4.78, 5) is 28.0. The SMILES string of the molecule is CC(=O)c1c(C)[nH]c(C(=O)NCC2CC3c4ccccc4C2c2ccccc23)c1C. The summed E-state index contributed by atoms with van der Waals surface area (Å²) in [5.41, 5.74) is 8.29. The van der Waals surface area contributed by atoms with E-state index in [2.05, 4.69) is 58.8 Å². The van der Waals surface area contributed by atoms with Crippen LogP contribution >= 0.6 is 0 Å². The van der Waals surface area contributed by atoms with Crippen LogP contribution in [0.1, 0.15) is 79.5 Å². The maximum Gasteiger partial charge on any atom is 0.268 e. The van der Waals surface area contributed by atoms with Crippen molar-refractivity contribution in [2.45, 2.75) is 39.0 Å². The fourth-order valence-corrected chi connectivity index (χ4v) is 5.78. The van der Waals surface area contributed by atoms with Crippen LogP contribution < -0.4 is 5.32 Å². The number of carbonyl (C=O) groups excluding carboxylic acids is 2. The summed E-state index contributed by atoms with van der Waals surface area (Å²) >= 11 is 0. The number of aryl methyl sites for hydroxylation is 1. The molecule has 30 heavy (non-hydrogen) atoms. The molecule has 0 fully saturated rings.